The van der Waals surface area contributed by atoms with Gasteiger partial charge in [0.1, 0.15) is 0 Å². The molecule has 0 aromatic carbocycles. The van der Waals surface area contributed by atoms with Crippen LogP contribution in [0.15, 0.2) is 12.2 Å². The Kier molecular flexibility index (Phi) is 5.26. The molecule has 0 aliphatic rings. The summed E-state index contributed by atoms with van der Waals surface area (Å²) in [5.41, 5.74) is 0.760. The van der Waals surface area contributed by atoms with Crippen molar-refractivity contribution in [3.63, 3.8) is 0 Å². The lowest BCUT2D eigenvalue weighted by atomic mass is 10.2. The third-order valence-corrected chi connectivity index (χ3v) is 1.19. The molecule has 10 heavy (non-hydrogen) atoms. The average Bonchev–Trinajstić information content (AvgIpc) is 1.88. The van der Waals surface area contributed by atoms with Gasteiger partial charge in [0.25, 0.3) is 0 Å². The maximum absolute atomic E-state index is 9.13. The number of rotatable bonds is 5. The van der Waals surface area contributed by atoms with Crippen LogP contribution in [0, 0.1) is 0 Å². The van der Waals surface area contributed by atoms with Crippen LogP contribution >= 0.6 is 0 Å². The summed E-state index contributed by atoms with van der Waals surface area (Å²) in [6, 6.07) is 0. The Morgan fingerprint density at radius 1 is 1.70 bits per heavy atom. The molecule has 0 fully saturated rings. The second-order valence-corrected chi connectivity index (χ2v) is 2.44. The van der Waals surface area contributed by atoms with Crippen LogP contribution in [0.4, 0.5) is 0 Å². The molecule has 0 aromatic rings. The van der Waals surface area contributed by atoms with Gasteiger partial charge >= 0.3 is 0 Å². The first-order chi connectivity index (χ1) is 4.68. The fraction of sp³-hybridized carbons (Fsp3) is 0.750. The number of aliphatic hydroxyl groups excluding tert-OH is 1. The molecule has 1 atom stereocenters. The molecule has 0 spiro atoms. The van der Waals surface area contributed by atoms with Crippen molar-refractivity contribution in [2.75, 3.05) is 13.2 Å². The molecule has 0 aliphatic carbocycles. The first kappa shape index (κ1) is 9.66. The summed E-state index contributed by atoms with van der Waals surface area (Å²) in [6.45, 7) is 8.52. The number of aliphatic hydroxyl groups is 1. The average molecular weight is 144 g/mol. The molecule has 0 aromatic heterocycles. The summed E-state index contributed by atoms with van der Waals surface area (Å²) < 4.78 is 5.10. The lowest BCUT2D eigenvalue weighted by Crippen LogP contribution is -2.16. The van der Waals surface area contributed by atoms with Gasteiger partial charge in [0, 0.05) is 6.61 Å². The molecule has 0 saturated carbocycles. The van der Waals surface area contributed by atoms with Crippen LogP contribution in [0.3, 0.4) is 0 Å². The van der Waals surface area contributed by atoms with Crippen LogP contribution in [-0.4, -0.2) is 24.4 Å². The lowest BCUT2D eigenvalue weighted by Gasteiger charge is -2.09. The van der Waals surface area contributed by atoms with Crippen LogP contribution in [0.2, 0.25) is 0 Å². The summed E-state index contributed by atoms with van der Waals surface area (Å²) in [5, 5.41) is 9.13. The van der Waals surface area contributed by atoms with E-state index in [0.717, 1.165) is 12.0 Å². The quantitative estimate of drug-likeness (QED) is 0.466. The van der Waals surface area contributed by atoms with Crippen molar-refractivity contribution in [3.8, 4) is 0 Å². The Hall–Kier alpha value is -0.340. The van der Waals surface area contributed by atoms with E-state index in [4.69, 9.17) is 9.84 Å². The van der Waals surface area contributed by atoms with Crippen molar-refractivity contribution < 1.29 is 9.84 Å². The Balaban J connectivity index is 3.21. The zero-order chi connectivity index (χ0) is 7.98. The minimum Gasteiger partial charge on any atom is -0.386 e. The van der Waals surface area contributed by atoms with Crippen LogP contribution in [-0.2, 0) is 4.74 Å². The van der Waals surface area contributed by atoms with Gasteiger partial charge in [-0.3, -0.25) is 0 Å². The van der Waals surface area contributed by atoms with Crippen LogP contribution < -0.4 is 0 Å². The third-order valence-electron chi connectivity index (χ3n) is 1.19. The zero-order valence-corrected chi connectivity index (χ0v) is 6.76. The fourth-order valence-electron chi connectivity index (χ4n) is 0.482. The molecule has 0 bridgehead atoms. The minimum atomic E-state index is -0.494. The van der Waals surface area contributed by atoms with E-state index >= 15 is 0 Å². The van der Waals surface area contributed by atoms with E-state index in [1.165, 1.54) is 0 Å². The third kappa shape index (κ3) is 4.53. The fourth-order valence-corrected chi connectivity index (χ4v) is 0.482. The van der Waals surface area contributed by atoms with Crippen LogP contribution in [0.25, 0.3) is 0 Å². The summed E-state index contributed by atoms with van der Waals surface area (Å²) in [6.07, 6.45) is 0.495. The van der Waals surface area contributed by atoms with Gasteiger partial charge in [-0.05, 0) is 18.9 Å². The number of hydrogen-bond donors (Lipinski definition) is 1. The highest BCUT2D eigenvalue weighted by Gasteiger charge is 2.02. The normalized spacial score (nSPS) is 13.1. The summed E-state index contributed by atoms with van der Waals surface area (Å²) in [5.74, 6) is 0. The van der Waals surface area contributed by atoms with E-state index in [1.54, 1.807) is 6.92 Å². The summed E-state index contributed by atoms with van der Waals surface area (Å²) in [7, 11) is 0. The molecule has 2 heteroatoms. The molecule has 0 aliphatic heterocycles. The monoisotopic (exact) mass is 144 g/mol. The SMILES string of the molecule is C=C(C)C(O)COCCC. The minimum absolute atomic E-state index is 0.378. The molecule has 0 radical (unpaired) electrons. The standard InChI is InChI=1S/C8H16O2/c1-4-5-10-6-8(9)7(2)3/h8-9H,2,4-6H2,1,3H3. The van der Waals surface area contributed by atoms with E-state index in [0.29, 0.717) is 13.2 Å². The van der Waals surface area contributed by atoms with Crippen molar-refractivity contribution in [3.05, 3.63) is 12.2 Å². The Morgan fingerprint density at radius 3 is 2.70 bits per heavy atom. The van der Waals surface area contributed by atoms with Gasteiger partial charge in [0.05, 0.1) is 12.7 Å². The van der Waals surface area contributed by atoms with Gasteiger partial charge in [-0.1, -0.05) is 13.5 Å². The van der Waals surface area contributed by atoms with Crippen molar-refractivity contribution in [2.24, 2.45) is 0 Å². The largest absolute Gasteiger partial charge is 0.386 e. The second kappa shape index (κ2) is 5.45. The predicted octanol–water partition coefficient (Wildman–Crippen LogP) is 1.35. The lowest BCUT2D eigenvalue weighted by molar-refractivity contribution is 0.0550. The predicted molar refractivity (Wildman–Crippen MR) is 41.9 cm³/mol. The van der Waals surface area contributed by atoms with Gasteiger partial charge in [-0.15, -0.1) is 0 Å². The number of hydrogen-bond acceptors (Lipinski definition) is 2. The maximum atomic E-state index is 9.13. The zero-order valence-electron chi connectivity index (χ0n) is 6.76. The highest BCUT2D eigenvalue weighted by Crippen LogP contribution is 1.97. The first-order valence-electron chi connectivity index (χ1n) is 3.59. The Bertz CT molecular complexity index is 99.4. The van der Waals surface area contributed by atoms with Crippen LogP contribution in [0.5, 0.6) is 0 Å². The highest BCUT2D eigenvalue weighted by molar-refractivity contribution is 4.96. The van der Waals surface area contributed by atoms with Crippen molar-refractivity contribution in [1.82, 2.24) is 0 Å². The van der Waals surface area contributed by atoms with Crippen molar-refractivity contribution >= 4 is 0 Å². The molecule has 1 N–H and O–H groups in total. The van der Waals surface area contributed by atoms with Crippen LogP contribution in [0.1, 0.15) is 20.3 Å². The summed E-state index contributed by atoms with van der Waals surface area (Å²) >= 11 is 0. The number of ether oxygens (including phenoxy) is 1. The Morgan fingerprint density at radius 2 is 2.30 bits per heavy atom. The first-order valence-corrected chi connectivity index (χ1v) is 3.59. The van der Waals surface area contributed by atoms with Gasteiger partial charge in [0.15, 0.2) is 0 Å². The van der Waals surface area contributed by atoms with Gasteiger partial charge < -0.3 is 9.84 Å². The molecule has 0 amide bonds. The van der Waals surface area contributed by atoms with Gasteiger partial charge in [-0.25, -0.2) is 0 Å². The topological polar surface area (TPSA) is 29.5 Å². The van der Waals surface area contributed by atoms with E-state index < -0.39 is 6.10 Å². The van der Waals surface area contributed by atoms with Gasteiger partial charge in [0.2, 0.25) is 0 Å². The molecular formula is C8H16O2. The maximum Gasteiger partial charge on any atom is 0.0978 e. The molecular weight excluding hydrogens is 128 g/mol. The second-order valence-electron chi connectivity index (χ2n) is 2.44. The molecule has 1 unspecified atom stereocenters. The molecule has 0 heterocycles. The van der Waals surface area contributed by atoms with E-state index in [1.807, 2.05) is 6.92 Å². The van der Waals surface area contributed by atoms with Crippen molar-refractivity contribution in [2.45, 2.75) is 26.4 Å². The van der Waals surface area contributed by atoms with Gasteiger partial charge in [-0.2, -0.15) is 0 Å². The van der Waals surface area contributed by atoms with E-state index in [2.05, 4.69) is 6.58 Å². The molecule has 60 valence electrons. The summed E-state index contributed by atoms with van der Waals surface area (Å²) in [4.78, 5) is 0. The van der Waals surface area contributed by atoms with Crippen molar-refractivity contribution in [1.29, 1.82) is 0 Å². The smallest absolute Gasteiger partial charge is 0.0978 e. The van der Waals surface area contributed by atoms with E-state index in [-0.39, 0.29) is 0 Å². The Labute approximate surface area is 62.5 Å². The van der Waals surface area contributed by atoms with E-state index in [9.17, 15) is 0 Å². The molecule has 0 saturated heterocycles. The molecule has 2 nitrogen and oxygen atoms in total. The highest BCUT2D eigenvalue weighted by atomic mass is 16.5. The molecule has 0 rings (SSSR count).